The molecule has 1 atom stereocenters. The van der Waals surface area contributed by atoms with E-state index < -0.39 is 0 Å². The number of nitrogens with zero attached hydrogens (tertiary/aromatic N) is 1. The monoisotopic (exact) mass is 319 g/mol. The number of benzene rings is 1. The summed E-state index contributed by atoms with van der Waals surface area (Å²) in [5, 5.41) is 9.45. The maximum absolute atomic E-state index is 11.8. The molecule has 0 aliphatic rings. The Hall–Kier alpha value is -1.88. The fourth-order valence-corrected chi connectivity index (χ4v) is 2.04. The van der Waals surface area contributed by atoms with E-state index in [1.165, 1.54) is 6.08 Å². The Morgan fingerprint density at radius 3 is 2.95 bits per heavy atom. The van der Waals surface area contributed by atoms with Crippen LogP contribution in [0, 0.1) is 0 Å². The minimum Gasteiger partial charge on any atom is -0.346 e. The molecule has 1 aromatic heterocycles. The van der Waals surface area contributed by atoms with Gasteiger partial charge in [0.25, 0.3) is 0 Å². The van der Waals surface area contributed by atoms with E-state index in [1.807, 2.05) is 31.2 Å². The third kappa shape index (κ3) is 3.79. The fourth-order valence-electron chi connectivity index (χ4n) is 1.62. The SMILES string of the molecule is CC(NC(=O)/C=C/c1ccccc1Br)c1cn[nH]c1. The van der Waals surface area contributed by atoms with Crippen molar-refractivity contribution in [3.63, 3.8) is 0 Å². The van der Waals surface area contributed by atoms with Gasteiger partial charge in [-0.15, -0.1) is 0 Å². The Morgan fingerprint density at radius 2 is 2.26 bits per heavy atom. The summed E-state index contributed by atoms with van der Waals surface area (Å²) in [6, 6.07) is 7.66. The topological polar surface area (TPSA) is 57.8 Å². The van der Waals surface area contributed by atoms with Crippen LogP contribution in [0.1, 0.15) is 24.1 Å². The summed E-state index contributed by atoms with van der Waals surface area (Å²) < 4.78 is 0.960. The van der Waals surface area contributed by atoms with Crippen LogP contribution in [0.3, 0.4) is 0 Å². The first kappa shape index (κ1) is 13.5. The standard InChI is InChI=1S/C14H14BrN3O/c1-10(12-8-16-17-9-12)18-14(19)7-6-11-4-2-3-5-13(11)15/h2-10H,1H3,(H,16,17)(H,18,19)/b7-6+. The minimum absolute atomic E-state index is 0.0740. The first-order chi connectivity index (χ1) is 9.16. The lowest BCUT2D eigenvalue weighted by atomic mass is 10.2. The van der Waals surface area contributed by atoms with Gasteiger partial charge in [-0.3, -0.25) is 9.89 Å². The number of aromatic nitrogens is 2. The second-order valence-electron chi connectivity index (χ2n) is 4.12. The lowest BCUT2D eigenvalue weighted by Crippen LogP contribution is -2.24. The van der Waals surface area contributed by atoms with Crippen LogP contribution < -0.4 is 5.32 Å². The third-order valence-electron chi connectivity index (χ3n) is 2.70. The van der Waals surface area contributed by atoms with E-state index in [4.69, 9.17) is 0 Å². The molecule has 1 amide bonds. The van der Waals surface area contributed by atoms with E-state index in [0.29, 0.717) is 0 Å². The molecule has 0 aliphatic carbocycles. The molecular formula is C14H14BrN3O. The van der Waals surface area contributed by atoms with Crippen LogP contribution in [-0.2, 0) is 4.79 Å². The highest BCUT2D eigenvalue weighted by molar-refractivity contribution is 9.10. The summed E-state index contributed by atoms with van der Waals surface area (Å²) in [6.07, 6.45) is 6.77. The van der Waals surface area contributed by atoms with Gasteiger partial charge < -0.3 is 5.32 Å². The first-order valence-electron chi connectivity index (χ1n) is 5.88. The molecule has 0 fully saturated rings. The van der Waals surface area contributed by atoms with Gasteiger partial charge in [-0.25, -0.2) is 0 Å². The molecule has 0 saturated carbocycles. The number of hydrogen-bond acceptors (Lipinski definition) is 2. The van der Waals surface area contributed by atoms with E-state index in [2.05, 4.69) is 31.4 Å². The van der Waals surface area contributed by atoms with Gasteiger partial charge in [0.05, 0.1) is 12.2 Å². The largest absolute Gasteiger partial charge is 0.346 e. The van der Waals surface area contributed by atoms with Crippen LogP contribution in [0.2, 0.25) is 0 Å². The van der Waals surface area contributed by atoms with Crippen LogP contribution in [0.15, 0.2) is 47.2 Å². The van der Waals surface area contributed by atoms with Crippen LogP contribution in [0.5, 0.6) is 0 Å². The van der Waals surface area contributed by atoms with Crippen molar-refractivity contribution in [1.82, 2.24) is 15.5 Å². The summed E-state index contributed by atoms with van der Waals surface area (Å²) in [5.41, 5.74) is 1.91. The van der Waals surface area contributed by atoms with Gasteiger partial charge in [-0.2, -0.15) is 5.10 Å². The molecule has 0 spiro atoms. The molecule has 98 valence electrons. The van der Waals surface area contributed by atoms with E-state index >= 15 is 0 Å². The molecule has 2 aromatic rings. The van der Waals surface area contributed by atoms with Gasteiger partial charge in [0.1, 0.15) is 0 Å². The molecular weight excluding hydrogens is 306 g/mol. The van der Waals surface area contributed by atoms with Crippen molar-refractivity contribution in [2.45, 2.75) is 13.0 Å². The highest BCUT2D eigenvalue weighted by Gasteiger charge is 2.07. The van der Waals surface area contributed by atoms with E-state index in [1.54, 1.807) is 18.5 Å². The maximum Gasteiger partial charge on any atom is 0.244 e. The molecule has 0 radical (unpaired) electrons. The summed E-state index contributed by atoms with van der Waals surface area (Å²) >= 11 is 3.43. The van der Waals surface area contributed by atoms with Crippen molar-refractivity contribution >= 4 is 27.9 Å². The highest BCUT2D eigenvalue weighted by Crippen LogP contribution is 2.17. The van der Waals surface area contributed by atoms with Crippen LogP contribution in [-0.4, -0.2) is 16.1 Å². The molecule has 0 saturated heterocycles. The first-order valence-corrected chi connectivity index (χ1v) is 6.68. The molecule has 0 bridgehead atoms. The number of nitrogens with one attached hydrogen (secondary N) is 2. The van der Waals surface area contributed by atoms with E-state index in [0.717, 1.165) is 15.6 Å². The summed E-state index contributed by atoms with van der Waals surface area (Å²) in [4.78, 5) is 11.8. The third-order valence-corrected chi connectivity index (χ3v) is 3.42. The maximum atomic E-state index is 11.8. The highest BCUT2D eigenvalue weighted by atomic mass is 79.9. The normalized spacial score (nSPS) is 12.5. The smallest absolute Gasteiger partial charge is 0.244 e. The Kier molecular flexibility index (Phi) is 4.52. The van der Waals surface area contributed by atoms with E-state index in [9.17, 15) is 4.79 Å². The molecule has 1 unspecified atom stereocenters. The average molecular weight is 320 g/mol. The van der Waals surface area contributed by atoms with Crippen LogP contribution in [0.25, 0.3) is 6.08 Å². The molecule has 2 N–H and O–H groups in total. The molecule has 2 rings (SSSR count). The Morgan fingerprint density at radius 1 is 1.47 bits per heavy atom. The number of hydrogen-bond donors (Lipinski definition) is 2. The van der Waals surface area contributed by atoms with Crippen molar-refractivity contribution in [2.75, 3.05) is 0 Å². The molecule has 1 aromatic carbocycles. The van der Waals surface area contributed by atoms with Gasteiger partial charge >= 0.3 is 0 Å². The quantitative estimate of drug-likeness (QED) is 0.851. The van der Waals surface area contributed by atoms with E-state index in [-0.39, 0.29) is 11.9 Å². The lowest BCUT2D eigenvalue weighted by Gasteiger charge is -2.09. The zero-order chi connectivity index (χ0) is 13.7. The van der Waals surface area contributed by atoms with Gasteiger partial charge in [-0.1, -0.05) is 34.1 Å². The number of aromatic amines is 1. The second-order valence-corrected chi connectivity index (χ2v) is 4.97. The predicted molar refractivity (Wildman–Crippen MR) is 78.3 cm³/mol. The van der Waals surface area contributed by atoms with Crippen molar-refractivity contribution in [1.29, 1.82) is 0 Å². The summed E-state index contributed by atoms with van der Waals surface area (Å²) in [6.45, 7) is 1.91. The van der Waals surface area contributed by atoms with Gasteiger partial charge in [0.2, 0.25) is 5.91 Å². The van der Waals surface area contributed by atoms with Crippen molar-refractivity contribution in [3.05, 3.63) is 58.3 Å². The van der Waals surface area contributed by atoms with Crippen LogP contribution in [0.4, 0.5) is 0 Å². The zero-order valence-corrected chi connectivity index (χ0v) is 12.0. The lowest BCUT2D eigenvalue weighted by molar-refractivity contribution is -0.117. The number of amides is 1. The molecule has 19 heavy (non-hydrogen) atoms. The summed E-state index contributed by atoms with van der Waals surface area (Å²) in [5.74, 6) is -0.135. The summed E-state index contributed by atoms with van der Waals surface area (Å²) in [7, 11) is 0. The molecule has 4 nitrogen and oxygen atoms in total. The fraction of sp³-hybridized carbons (Fsp3) is 0.143. The van der Waals surface area contributed by atoms with Crippen LogP contribution >= 0.6 is 15.9 Å². The second kappa shape index (κ2) is 6.33. The minimum atomic E-state index is -0.135. The number of rotatable bonds is 4. The average Bonchev–Trinajstić information content (AvgIpc) is 2.91. The number of halogens is 1. The van der Waals surface area contributed by atoms with Crippen molar-refractivity contribution in [2.24, 2.45) is 0 Å². The Labute approximate surface area is 120 Å². The zero-order valence-electron chi connectivity index (χ0n) is 10.4. The van der Waals surface area contributed by atoms with Crippen molar-refractivity contribution < 1.29 is 4.79 Å². The predicted octanol–water partition coefficient (Wildman–Crippen LogP) is 3.06. The Balaban J connectivity index is 1.96. The van der Waals surface area contributed by atoms with Gasteiger partial charge in [0, 0.05) is 22.3 Å². The number of carbonyl (C=O) groups excluding carboxylic acids is 1. The van der Waals surface area contributed by atoms with Gasteiger partial charge in [0.15, 0.2) is 0 Å². The Bertz CT molecular complexity index is 578. The number of carbonyl (C=O) groups is 1. The molecule has 1 heterocycles. The molecule has 0 aliphatic heterocycles. The van der Waals surface area contributed by atoms with Crippen molar-refractivity contribution in [3.8, 4) is 0 Å². The van der Waals surface area contributed by atoms with Gasteiger partial charge in [-0.05, 0) is 24.6 Å². The number of H-pyrrole nitrogens is 1. The molecule has 5 heteroatoms.